The molecule has 4 aromatic carbocycles. The van der Waals surface area contributed by atoms with Gasteiger partial charge in [0.25, 0.3) is 0 Å². The van der Waals surface area contributed by atoms with Gasteiger partial charge in [0.15, 0.2) is 29.5 Å². The smallest absolute Gasteiger partial charge is 0.335 e. The van der Waals surface area contributed by atoms with E-state index in [9.17, 15) is 4.79 Å². The molecule has 4 aromatic rings. The van der Waals surface area contributed by atoms with Gasteiger partial charge in [-0.25, -0.2) is 9.79 Å². The molecule has 2 unspecified atom stereocenters. The van der Waals surface area contributed by atoms with E-state index in [0.717, 1.165) is 22.3 Å². The Balaban J connectivity index is 1.35. The zero-order chi connectivity index (χ0) is 26.2. The summed E-state index contributed by atoms with van der Waals surface area (Å²) in [5.74, 6) is 1.17. The summed E-state index contributed by atoms with van der Waals surface area (Å²) in [6.45, 7) is 2.69. The van der Waals surface area contributed by atoms with Crippen LogP contribution in [0.15, 0.2) is 114 Å². The maximum atomic E-state index is 13.0. The molecule has 1 heterocycles. The standard InChI is InChI=1S/C32H29NO5/c1-23-33-30(32(34)37-22-26-15-9-4-10-16-26)31(38-23)27-17-18-28(35-20-24-11-5-2-6-12-24)29(19-27)36-21-25-13-7-3-8-14-25/h2-19,30-31H,20-22H2,1H3. The van der Waals surface area contributed by atoms with E-state index < -0.39 is 18.1 Å². The maximum Gasteiger partial charge on any atom is 0.335 e. The second-order valence-electron chi connectivity index (χ2n) is 8.98. The SMILES string of the molecule is CC1=NC(C(=O)OCc2ccccc2)C(c2ccc(OCc3ccccc3)c(OCc3ccccc3)c2)O1. The number of carbonyl (C=O) groups excluding carboxylic acids is 1. The number of rotatable bonds is 10. The minimum Gasteiger partial charge on any atom is -0.485 e. The number of ether oxygens (including phenoxy) is 4. The van der Waals surface area contributed by atoms with Gasteiger partial charge in [-0.15, -0.1) is 0 Å². The summed E-state index contributed by atoms with van der Waals surface area (Å²) in [6, 6.07) is 34.2. The summed E-state index contributed by atoms with van der Waals surface area (Å²) >= 11 is 0. The fraction of sp³-hybridized carbons (Fsp3) is 0.188. The third-order valence-electron chi connectivity index (χ3n) is 6.14. The van der Waals surface area contributed by atoms with Crippen LogP contribution < -0.4 is 9.47 Å². The lowest BCUT2D eigenvalue weighted by Gasteiger charge is -2.20. The molecule has 0 aliphatic carbocycles. The topological polar surface area (TPSA) is 66.4 Å². The van der Waals surface area contributed by atoms with Gasteiger partial charge in [0, 0.05) is 6.92 Å². The van der Waals surface area contributed by atoms with E-state index in [1.165, 1.54) is 0 Å². The second-order valence-corrected chi connectivity index (χ2v) is 8.98. The van der Waals surface area contributed by atoms with Crippen LogP contribution in [-0.4, -0.2) is 17.9 Å². The number of hydrogen-bond donors (Lipinski definition) is 0. The van der Waals surface area contributed by atoms with Crippen LogP contribution in [0.25, 0.3) is 0 Å². The molecule has 5 rings (SSSR count). The lowest BCUT2D eigenvalue weighted by molar-refractivity contribution is -0.148. The summed E-state index contributed by atoms with van der Waals surface area (Å²) in [4.78, 5) is 17.4. The number of nitrogens with zero attached hydrogens (tertiary/aromatic N) is 1. The van der Waals surface area contributed by atoms with Gasteiger partial charge in [-0.1, -0.05) is 97.1 Å². The first-order valence-electron chi connectivity index (χ1n) is 12.5. The Morgan fingerprint density at radius 2 is 1.24 bits per heavy atom. The molecule has 0 radical (unpaired) electrons. The summed E-state index contributed by atoms with van der Waals surface area (Å²) in [5.41, 5.74) is 3.75. The van der Waals surface area contributed by atoms with Crippen molar-refractivity contribution in [2.24, 2.45) is 4.99 Å². The van der Waals surface area contributed by atoms with Gasteiger partial charge in [-0.05, 0) is 34.4 Å². The Morgan fingerprint density at radius 3 is 1.82 bits per heavy atom. The van der Waals surface area contributed by atoms with E-state index in [4.69, 9.17) is 18.9 Å². The van der Waals surface area contributed by atoms with Crippen LogP contribution in [-0.2, 0) is 34.1 Å². The van der Waals surface area contributed by atoms with Crippen LogP contribution in [0.4, 0.5) is 0 Å². The Kier molecular flexibility index (Phi) is 7.99. The monoisotopic (exact) mass is 507 g/mol. The molecule has 38 heavy (non-hydrogen) atoms. The minimum atomic E-state index is -0.809. The van der Waals surface area contributed by atoms with Gasteiger partial charge >= 0.3 is 5.97 Å². The quantitative estimate of drug-likeness (QED) is 0.231. The molecule has 2 atom stereocenters. The molecule has 6 heteroatoms. The van der Waals surface area contributed by atoms with E-state index in [1.807, 2.05) is 109 Å². The zero-order valence-corrected chi connectivity index (χ0v) is 21.2. The number of hydrogen-bond acceptors (Lipinski definition) is 6. The van der Waals surface area contributed by atoms with Gasteiger partial charge in [0.05, 0.1) is 0 Å². The molecular weight excluding hydrogens is 478 g/mol. The highest BCUT2D eigenvalue weighted by Crippen LogP contribution is 2.37. The van der Waals surface area contributed by atoms with Gasteiger partial charge in [-0.2, -0.15) is 0 Å². The van der Waals surface area contributed by atoms with E-state index in [2.05, 4.69) is 4.99 Å². The van der Waals surface area contributed by atoms with Gasteiger partial charge in [0.2, 0.25) is 0 Å². The lowest BCUT2D eigenvalue weighted by atomic mass is 10.0. The molecule has 1 aliphatic rings. The lowest BCUT2D eigenvalue weighted by Crippen LogP contribution is -2.26. The molecule has 0 amide bonds. The molecule has 0 saturated carbocycles. The molecule has 0 spiro atoms. The van der Waals surface area contributed by atoms with Crippen molar-refractivity contribution in [3.63, 3.8) is 0 Å². The predicted molar refractivity (Wildman–Crippen MR) is 145 cm³/mol. The van der Waals surface area contributed by atoms with Crippen molar-refractivity contribution in [3.05, 3.63) is 131 Å². The highest BCUT2D eigenvalue weighted by Gasteiger charge is 2.38. The van der Waals surface area contributed by atoms with E-state index in [0.29, 0.717) is 30.6 Å². The van der Waals surface area contributed by atoms with Crippen molar-refractivity contribution in [2.45, 2.75) is 38.9 Å². The summed E-state index contributed by atoms with van der Waals surface area (Å²) in [6.07, 6.45) is -0.625. The molecule has 0 aromatic heterocycles. The summed E-state index contributed by atoms with van der Waals surface area (Å²) in [5, 5.41) is 0. The van der Waals surface area contributed by atoms with E-state index in [1.54, 1.807) is 6.92 Å². The van der Waals surface area contributed by atoms with Crippen LogP contribution in [0.2, 0.25) is 0 Å². The molecule has 0 saturated heterocycles. The Hall–Kier alpha value is -4.58. The van der Waals surface area contributed by atoms with E-state index in [-0.39, 0.29) is 6.61 Å². The van der Waals surface area contributed by atoms with Crippen LogP contribution in [0, 0.1) is 0 Å². The Labute approximate surface area is 222 Å². The second kappa shape index (κ2) is 12.1. The predicted octanol–water partition coefficient (Wildman–Crippen LogP) is 6.45. The highest BCUT2D eigenvalue weighted by molar-refractivity contribution is 5.85. The van der Waals surface area contributed by atoms with Crippen LogP contribution in [0.5, 0.6) is 11.5 Å². The minimum absolute atomic E-state index is 0.176. The van der Waals surface area contributed by atoms with E-state index >= 15 is 0 Å². The van der Waals surface area contributed by atoms with Crippen molar-refractivity contribution in [2.75, 3.05) is 0 Å². The molecule has 0 fully saturated rings. The van der Waals surface area contributed by atoms with Crippen LogP contribution in [0.1, 0.15) is 35.3 Å². The fourth-order valence-corrected chi connectivity index (χ4v) is 4.19. The third-order valence-corrected chi connectivity index (χ3v) is 6.14. The van der Waals surface area contributed by atoms with Crippen LogP contribution >= 0.6 is 0 Å². The first-order chi connectivity index (χ1) is 18.7. The largest absolute Gasteiger partial charge is 0.485 e. The van der Waals surface area contributed by atoms with Crippen molar-refractivity contribution in [1.82, 2.24) is 0 Å². The number of carbonyl (C=O) groups is 1. The van der Waals surface area contributed by atoms with Gasteiger partial charge in [-0.3, -0.25) is 0 Å². The number of esters is 1. The number of benzene rings is 4. The van der Waals surface area contributed by atoms with Gasteiger partial charge in [0.1, 0.15) is 19.8 Å². The highest BCUT2D eigenvalue weighted by atomic mass is 16.5. The summed E-state index contributed by atoms with van der Waals surface area (Å²) < 4.78 is 23.9. The number of aliphatic imine (C=N–C) groups is 1. The molecule has 6 nitrogen and oxygen atoms in total. The zero-order valence-electron chi connectivity index (χ0n) is 21.2. The Bertz CT molecular complexity index is 1370. The summed E-state index contributed by atoms with van der Waals surface area (Å²) in [7, 11) is 0. The first-order valence-corrected chi connectivity index (χ1v) is 12.5. The average molecular weight is 508 g/mol. The normalized spacial score (nSPS) is 16.3. The van der Waals surface area contributed by atoms with Crippen molar-refractivity contribution < 1.29 is 23.7 Å². The molecule has 0 bridgehead atoms. The van der Waals surface area contributed by atoms with Crippen molar-refractivity contribution in [3.8, 4) is 11.5 Å². The fourth-order valence-electron chi connectivity index (χ4n) is 4.19. The first kappa shape index (κ1) is 25.1. The average Bonchev–Trinajstić information content (AvgIpc) is 3.37. The Morgan fingerprint density at radius 1 is 0.711 bits per heavy atom. The molecule has 192 valence electrons. The molecule has 1 aliphatic heterocycles. The van der Waals surface area contributed by atoms with Crippen molar-refractivity contribution >= 4 is 11.9 Å². The maximum absolute atomic E-state index is 13.0. The van der Waals surface area contributed by atoms with Crippen molar-refractivity contribution in [1.29, 1.82) is 0 Å². The van der Waals surface area contributed by atoms with Gasteiger partial charge < -0.3 is 18.9 Å². The third kappa shape index (κ3) is 6.40. The molecular formula is C32H29NO5. The molecule has 0 N–H and O–H groups in total. The van der Waals surface area contributed by atoms with Crippen LogP contribution in [0.3, 0.4) is 0 Å².